The molecule has 102 valence electrons. The van der Waals surface area contributed by atoms with Gasteiger partial charge < -0.3 is 9.88 Å². The van der Waals surface area contributed by atoms with Crippen LogP contribution in [0.3, 0.4) is 0 Å². The van der Waals surface area contributed by atoms with Crippen LogP contribution in [0, 0.1) is 0 Å². The fourth-order valence-electron chi connectivity index (χ4n) is 2.23. The van der Waals surface area contributed by atoms with Crippen LogP contribution in [0.2, 0.25) is 5.02 Å². The number of rotatable bonds is 3. The van der Waals surface area contributed by atoms with Gasteiger partial charge in [0.25, 0.3) is 5.91 Å². The van der Waals surface area contributed by atoms with Crippen LogP contribution in [0.15, 0.2) is 41.8 Å². The quantitative estimate of drug-likeness (QED) is 0.752. The summed E-state index contributed by atoms with van der Waals surface area (Å²) in [6.45, 7) is 2.81. The molecule has 0 unspecified atom stereocenters. The van der Waals surface area contributed by atoms with Crippen molar-refractivity contribution in [3.8, 4) is 0 Å². The molecule has 3 rings (SSSR count). The van der Waals surface area contributed by atoms with Crippen molar-refractivity contribution in [2.45, 2.75) is 13.5 Å². The number of amides is 1. The Labute approximate surface area is 125 Å². The second-order valence-corrected chi connectivity index (χ2v) is 5.79. The summed E-state index contributed by atoms with van der Waals surface area (Å²) >= 11 is 7.48. The van der Waals surface area contributed by atoms with Crippen molar-refractivity contribution in [3.05, 3.63) is 52.5 Å². The number of aryl methyl sites for hydroxylation is 1. The zero-order valence-corrected chi connectivity index (χ0v) is 12.5. The van der Waals surface area contributed by atoms with Crippen LogP contribution < -0.4 is 5.32 Å². The maximum atomic E-state index is 12.4. The van der Waals surface area contributed by atoms with Gasteiger partial charge in [0.1, 0.15) is 5.69 Å². The van der Waals surface area contributed by atoms with Crippen molar-refractivity contribution in [3.63, 3.8) is 0 Å². The van der Waals surface area contributed by atoms with Gasteiger partial charge >= 0.3 is 0 Å². The Morgan fingerprint density at radius 1 is 1.30 bits per heavy atom. The van der Waals surface area contributed by atoms with E-state index in [1.807, 2.05) is 29.0 Å². The number of aromatic nitrogens is 1. The van der Waals surface area contributed by atoms with Crippen LogP contribution in [0.4, 0.5) is 5.69 Å². The minimum absolute atomic E-state index is 0.0995. The molecule has 20 heavy (non-hydrogen) atoms. The van der Waals surface area contributed by atoms with E-state index in [-0.39, 0.29) is 5.91 Å². The van der Waals surface area contributed by atoms with Gasteiger partial charge in [-0.1, -0.05) is 11.6 Å². The largest absolute Gasteiger partial charge is 0.336 e. The van der Waals surface area contributed by atoms with Gasteiger partial charge in [-0.05, 0) is 48.7 Å². The van der Waals surface area contributed by atoms with E-state index in [0.717, 1.165) is 22.4 Å². The van der Waals surface area contributed by atoms with Crippen molar-refractivity contribution < 1.29 is 4.79 Å². The monoisotopic (exact) mass is 304 g/mol. The summed E-state index contributed by atoms with van der Waals surface area (Å²) < 4.78 is 3.16. The van der Waals surface area contributed by atoms with Gasteiger partial charge in [-0.2, -0.15) is 0 Å². The number of nitrogens with zero attached hydrogens (tertiary/aromatic N) is 1. The first kappa shape index (κ1) is 13.2. The standard InChI is InChI=1S/C15H13ClN2OS/c1-2-18-12-7-8-20-14(12)9-13(18)15(19)17-11-5-3-10(16)4-6-11/h3-9H,2H2,1H3,(H,17,19). The summed E-state index contributed by atoms with van der Waals surface area (Å²) in [7, 11) is 0. The molecule has 5 heteroatoms. The zero-order valence-electron chi connectivity index (χ0n) is 10.9. The number of carbonyl (C=O) groups is 1. The lowest BCUT2D eigenvalue weighted by Crippen LogP contribution is -2.16. The van der Waals surface area contributed by atoms with Crippen molar-refractivity contribution in [1.29, 1.82) is 0 Å². The van der Waals surface area contributed by atoms with Gasteiger partial charge in [0, 0.05) is 17.3 Å². The third-order valence-electron chi connectivity index (χ3n) is 3.17. The molecule has 0 aliphatic carbocycles. The van der Waals surface area contributed by atoms with Crippen LogP contribution in [0.25, 0.3) is 10.2 Å². The summed E-state index contributed by atoms with van der Waals surface area (Å²) in [5, 5.41) is 5.59. The van der Waals surface area contributed by atoms with Gasteiger partial charge in [0.2, 0.25) is 0 Å². The fraction of sp³-hybridized carbons (Fsp3) is 0.133. The summed E-state index contributed by atoms with van der Waals surface area (Å²) in [6, 6.07) is 11.1. The second kappa shape index (κ2) is 5.31. The molecule has 0 spiro atoms. The third kappa shape index (κ3) is 2.32. The SMILES string of the molecule is CCn1c(C(=O)Nc2ccc(Cl)cc2)cc2sccc21. The lowest BCUT2D eigenvalue weighted by atomic mass is 10.3. The Balaban J connectivity index is 1.92. The Morgan fingerprint density at radius 3 is 2.75 bits per heavy atom. The molecule has 0 saturated heterocycles. The number of benzene rings is 1. The molecule has 0 saturated carbocycles. The van der Waals surface area contributed by atoms with Gasteiger partial charge in [-0.25, -0.2) is 0 Å². The van der Waals surface area contributed by atoms with Crippen LogP contribution >= 0.6 is 22.9 Å². The molecule has 2 heterocycles. The minimum Gasteiger partial charge on any atom is -0.336 e. The summed E-state index contributed by atoms with van der Waals surface area (Å²) in [4.78, 5) is 12.4. The predicted octanol–water partition coefficient (Wildman–Crippen LogP) is 4.63. The smallest absolute Gasteiger partial charge is 0.272 e. The molecule has 0 fully saturated rings. The molecule has 0 bridgehead atoms. The highest BCUT2D eigenvalue weighted by atomic mass is 35.5. The van der Waals surface area contributed by atoms with Crippen LogP contribution in [-0.4, -0.2) is 10.5 Å². The predicted molar refractivity (Wildman–Crippen MR) is 84.9 cm³/mol. The second-order valence-electron chi connectivity index (χ2n) is 4.40. The maximum Gasteiger partial charge on any atom is 0.272 e. The number of anilines is 1. The first-order valence-electron chi connectivity index (χ1n) is 6.32. The number of halogens is 1. The van der Waals surface area contributed by atoms with Crippen molar-refractivity contribution in [1.82, 2.24) is 4.57 Å². The zero-order chi connectivity index (χ0) is 14.1. The van der Waals surface area contributed by atoms with Crippen molar-refractivity contribution in [2.75, 3.05) is 5.32 Å². The number of carbonyl (C=O) groups excluding carboxylic acids is 1. The van der Waals surface area contributed by atoms with Gasteiger partial charge in [0.15, 0.2) is 0 Å². The molecule has 0 atom stereocenters. The highest BCUT2D eigenvalue weighted by molar-refractivity contribution is 7.17. The van der Waals surface area contributed by atoms with Crippen LogP contribution in [0.5, 0.6) is 0 Å². The number of fused-ring (bicyclic) bond motifs is 1. The van der Waals surface area contributed by atoms with Crippen molar-refractivity contribution in [2.24, 2.45) is 0 Å². The molecule has 0 aliphatic heterocycles. The first-order valence-corrected chi connectivity index (χ1v) is 7.58. The normalized spacial score (nSPS) is 10.9. The Morgan fingerprint density at radius 2 is 2.05 bits per heavy atom. The summed E-state index contributed by atoms with van der Waals surface area (Å²) in [6.07, 6.45) is 0. The highest BCUT2D eigenvalue weighted by Crippen LogP contribution is 2.26. The van der Waals surface area contributed by atoms with E-state index in [2.05, 4.69) is 5.32 Å². The van der Waals surface area contributed by atoms with E-state index in [1.54, 1.807) is 35.6 Å². The van der Waals surface area contributed by atoms with E-state index in [9.17, 15) is 4.79 Å². The van der Waals surface area contributed by atoms with Crippen LogP contribution in [-0.2, 0) is 6.54 Å². The molecule has 3 nitrogen and oxygen atoms in total. The Kier molecular flexibility index (Phi) is 3.51. The average Bonchev–Trinajstić information content (AvgIpc) is 3.01. The number of hydrogen-bond donors (Lipinski definition) is 1. The number of thiophene rings is 1. The molecular weight excluding hydrogens is 292 g/mol. The number of nitrogens with one attached hydrogen (secondary N) is 1. The van der Waals surface area contributed by atoms with Gasteiger partial charge in [-0.15, -0.1) is 11.3 Å². The average molecular weight is 305 g/mol. The molecule has 1 amide bonds. The fourth-order valence-corrected chi connectivity index (χ4v) is 3.18. The third-order valence-corrected chi connectivity index (χ3v) is 4.28. The van der Waals surface area contributed by atoms with E-state index in [4.69, 9.17) is 11.6 Å². The van der Waals surface area contributed by atoms with Crippen LogP contribution in [0.1, 0.15) is 17.4 Å². The lowest BCUT2D eigenvalue weighted by Gasteiger charge is -2.08. The first-order chi connectivity index (χ1) is 9.69. The number of hydrogen-bond acceptors (Lipinski definition) is 2. The highest BCUT2D eigenvalue weighted by Gasteiger charge is 2.15. The topological polar surface area (TPSA) is 34.0 Å². The molecular formula is C15H13ClN2OS. The van der Waals surface area contributed by atoms with E-state index in [0.29, 0.717) is 10.7 Å². The summed E-state index contributed by atoms with van der Waals surface area (Å²) in [5.74, 6) is -0.0995. The minimum atomic E-state index is -0.0995. The Hall–Kier alpha value is -1.78. The molecule has 3 aromatic rings. The molecule has 1 N–H and O–H groups in total. The van der Waals surface area contributed by atoms with E-state index < -0.39 is 0 Å². The maximum absolute atomic E-state index is 12.4. The lowest BCUT2D eigenvalue weighted by molar-refractivity contribution is 0.101. The van der Waals surface area contributed by atoms with Crippen molar-refractivity contribution >= 4 is 44.7 Å². The molecule has 0 radical (unpaired) electrons. The Bertz CT molecular complexity index is 758. The molecule has 1 aromatic carbocycles. The molecule has 0 aliphatic rings. The van der Waals surface area contributed by atoms with Gasteiger partial charge in [-0.3, -0.25) is 4.79 Å². The summed E-state index contributed by atoms with van der Waals surface area (Å²) in [5.41, 5.74) is 2.54. The van der Waals surface area contributed by atoms with Gasteiger partial charge in [0.05, 0.1) is 10.2 Å². The molecule has 2 aromatic heterocycles. The van der Waals surface area contributed by atoms with E-state index in [1.165, 1.54) is 0 Å². The van der Waals surface area contributed by atoms with E-state index >= 15 is 0 Å².